The third-order valence-corrected chi connectivity index (χ3v) is 5.07. The van der Waals surface area contributed by atoms with Crippen molar-refractivity contribution in [2.24, 2.45) is 5.41 Å². The SMILES string of the molecule is CC1(CNC(=O)C2(c3ccc(F)cc3)CC2)CCNCC1. The second kappa shape index (κ2) is 5.41. The predicted molar refractivity (Wildman–Crippen MR) is 80.5 cm³/mol. The summed E-state index contributed by atoms with van der Waals surface area (Å²) in [7, 11) is 0. The molecular formula is C17H23FN2O. The van der Waals surface area contributed by atoms with Crippen molar-refractivity contribution in [2.75, 3.05) is 19.6 Å². The molecule has 1 saturated heterocycles. The summed E-state index contributed by atoms with van der Waals surface area (Å²) < 4.78 is 13.0. The summed E-state index contributed by atoms with van der Waals surface area (Å²) in [5.74, 6) is -0.147. The number of hydrogen-bond donors (Lipinski definition) is 2. The molecule has 0 aromatic heterocycles. The van der Waals surface area contributed by atoms with Crippen LogP contribution in [0.4, 0.5) is 4.39 Å². The van der Waals surface area contributed by atoms with Crippen molar-refractivity contribution in [1.82, 2.24) is 10.6 Å². The minimum Gasteiger partial charge on any atom is -0.355 e. The van der Waals surface area contributed by atoms with Gasteiger partial charge in [0.05, 0.1) is 5.41 Å². The quantitative estimate of drug-likeness (QED) is 0.894. The van der Waals surface area contributed by atoms with E-state index in [1.54, 1.807) is 12.1 Å². The van der Waals surface area contributed by atoms with E-state index < -0.39 is 5.41 Å². The first kappa shape index (κ1) is 14.5. The van der Waals surface area contributed by atoms with Crippen LogP contribution in [0, 0.1) is 11.2 Å². The van der Waals surface area contributed by atoms with E-state index in [1.165, 1.54) is 12.1 Å². The van der Waals surface area contributed by atoms with Gasteiger partial charge in [-0.3, -0.25) is 4.79 Å². The number of carbonyl (C=O) groups is 1. The Balaban J connectivity index is 1.63. The number of halogens is 1. The first-order valence-corrected chi connectivity index (χ1v) is 7.79. The highest BCUT2D eigenvalue weighted by Crippen LogP contribution is 2.48. The summed E-state index contributed by atoms with van der Waals surface area (Å²) in [6.07, 6.45) is 3.92. The van der Waals surface area contributed by atoms with Crippen LogP contribution in [0.5, 0.6) is 0 Å². The Kier molecular flexibility index (Phi) is 3.74. The van der Waals surface area contributed by atoms with Gasteiger partial charge in [0.25, 0.3) is 0 Å². The van der Waals surface area contributed by atoms with Crippen LogP contribution < -0.4 is 10.6 Å². The van der Waals surface area contributed by atoms with E-state index in [0.717, 1.165) is 50.9 Å². The van der Waals surface area contributed by atoms with Gasteiger partial charge in [0.15, 0.2) is 0 Å². The first-order chi connectivity index (χ1) is 10.0. The first-order valence-electron chi connectivity index (χ1n) is 7.79. The van der Waals surface area contributed by atoms with Gasteiger partial charge in [0.1, 0.15) is 5.82 Å². The van der Waals surface area contributed by atoms with E-state index in [2.05, 4.69) is 17.6 Å². The fraction of sp³-hybridized carbons (Fsp3) is 0.588. The lowest BCUT2D eigenvalue weighted by Gasteiger charge is -2.34. The van der Waals surface area contributed by atoms with Crippen molar-refractivity contribution in [3.63, 3.8) is 0 Å². The Bertz CT molecular complexity index is 516. The average molecular weight is 290 g/mol. The molecule has 1 aliphatic heterocycles. The van der Waals surface area contributed by atoms with Crippen molar-refractivity contribution in [3.05, 3.63) is 35.6 Å². The second-order valence-electron chi connectivity index (χ2n) is 6.83. The van der Waals surface area contributed by atoms with Crippen LogP contribution in [0.25, 0.3) is 0 Å². The molecule has 0 radical (unpaired) electrons. The van der Waals surface area contributed by atoms with Gasteiger partial charge in [-0.1, -0.05) is 19.1 Å². The molecular weight excluding hydrogens is 267 g/mol. The number of nitrogens with one attached hydrogen (secondary N) is 2. The third kappa shape index (κ3) is 2.95. The molecule has 1 aromatic rings. The second-order valence-corrected chi connectivity index (χ2v) is 6.83. The molecule has 1 aliphatic carbocycles. The highest BCUT2D eigenvalue weighted by Gasteiger charge is 2.51. The molecule has 0 bridgehead atoms. The Morgan fingerprint density at radius 2 is 1.81 bits per heavy atom. The maximum absolute atomic E-state index is 13.0. The van der Waals surface area contributed by atoms with Crippen molar-refractivity contribution >= 4 is 5.91 Å². The zero-order chi connectivity index (χ0) is 14.9. The molecule has 1 saturated carbocycles. The molecule has 2 fully saturated rings. The minimum absolute atomic E-state index is 0.105. The van der Waals surface area contributed by atoms with Gasteiger partial charge in [-0.2, -0.15) is 0 Å². The molecule has 0 atom stereocenters. The lowest BCUT2D eigenvalue weighted by molar-refractivity contribution is -0.124. The van der Waals surface area contributed by atoms with Crippen molar-refractivity contribution in [3.8, 4) is 0 Å². The molecule has 3 rings (SSSR count). The lowest BCUT2D eigenvalue weighted by Crippen LogP contribution is -2.45. The molecule has 1 aromatic carbocycles. The lowest BCUT2D eigenvalue weighted by atomic mass is 9.81. The van der Waals surface area contributed by atoms with Gasteiger partial charge in [-0.05, 0) is 61.9 Å². The average Bonchev–Trinajstić information content (AvgIpc) is 3.28. The Morgan fingerprint density at radius 3 is 2.38 bits per heavy atom. The normalized spacial score (nSPS) is 22.6. The zero-order valence-corrected chi connectivity index (χ0v) is 12.5. The molecule has 2 N–H and O–H groups in total. The number of benzene rings is 1. The molecule has 114 valence electrons. The van der Waals surface area contributed by atoms with Gasteiger partial charge in [-0.15, -0.1) is 0 Å². The highest BCUT2D eigenvalue weighted by molar-refractivity contribution is 5.91. The van der Waals surface area contributed by atoms with Crippen molar-refractivity contribution < 1.29 is 9.18 Å². The van der Waals surface area contributed by atoms with E-state index in [1.807, 2.05) is 0 Å². The molecule has 1 heterocycles. The number of rotatable bonds is 4. The third-order valence-electron chi connectivity index (χ3n) is 5.07. The van der Waals surface area contributed by atoms with E-state index in [-0.39, 0.29) is 17.1 Å². The van der Waals surface area contributed by atoms with E-state index in [9.17, 15) is 9.18 Å². The van der Waals surface area contributed by atoms with Crippen LogP contribution in [0.15, 0.2) is 24.3 Å². The minimum atomic E-state index is -0.406. The molecule has 4 heteroatoms. The van der Waals surface area contributed by atoms with Gasteiger partial charge < -0.3 is 10.6 Å². The van der Waals surface area contributed by atoms with Crippen LogP contribution in [0.1, 0.15) is 38.2 Å². The zero-order valence-electron chi connectivity index (χ0n) is 12.5. The summed E-state index contributed by atoms with van der Waals surface area (Å²) >= 11 is 0. The molecule has 21 heavy (non-hydrogen) atoms. The number of amides is 1. The molecule has 0 unspecified atom stereocenters. The maximum Gasteiger partial charge on any atom is 0.230 e. The Hall–Kier alpha value is -1.42. The Morgan fingerprint density at radius 1 is 1.19 bits per heavy atom. The predicted octanol–water partition coefficient (Wildman–Crippen LogP) is 2.36. The van der Waals surface area contributed by atoms with E-state index in [4.69, 9.17) is 0 Å². The maximum atomic E-state index is 13.0. The van der Waals surface area contributed by atoms with Crippen LogP contribution in [0.3, 0.4) is 0 Å². The molecule has 0 spiro atoms. The monoisotopic (exact) mass is 290 g/mol. The van der Waals surface area contributed by atoms with Crippen LogP contribution in [-0.2, 0) is 10.2 Å². The summed E-state index contributed by atoms with van der Waals surface area (Å²) in [5, 5.41) is 6.50. The number of carbonyl (C=O) groups excluding carboxylic acids is 1. The highest BCUT2D eigenvalue weighted by atomic mass is 19.1. The van der Waals surface area contributed by atoms with Crippen LogP contribution >= 0.6 is 0 Å². The van der Waals surface area contributed by atoms with Crippen molar-refractivity contribution in [2.45, 2.75) is 38.0 Å². The van der Waals surface area contributed by atoms with Gasteiger partial charge in [-0.25, -0.2) is 4.39 Å². The number of piperidine rings is 1. The Labute approximate surface area is 125 Å². The van der Waals surface area contributed by atoms with Crippen molar-refractivity contribution in [1.29, 1.82) is 0 Å². The van der Waals surface area contributed by atoms with Gasteiger partial charge in [0.2, 0.25) is 5.91 Å². The topological polar surface area (TPSA) is 41.1 Å². The summed E-state index contributed by atoms with van der Waals surface area (Å²) in [5.41, 5.74) is 0.730. The fourth-order valence-corrected chi connectivity index (χ4v) is 3.21. The summed E-state index contributed by atoms with van der Waals surface area (Å²) in [4.78, 5) is 12.6. The summed E-state index contributed by atoms with van der Waals surface area (Å²) in [6.45, 7) is 5.02. The van der Waals surface area contributed by atoms with Crippen LogP contribution in [-0.4, -0.2) is 25.5 Å². The van der Waals surface area contributed by atoms with Gasteiger partial charge in [0, 0.05) is 6.54 Å². The molecule has 3 nitrogen and oxygen atoms in total. The van der Waals surface area contributed by atoms with E-state index in [0.29, 0.717) is 0 Å². The van der Waals surface area contributed by atoms with E-state index >= 15 is 0 Å². The largest absolute Gasteiger partial charge is 0.355 e. The number of hydrogen-bond acceptors (Lipinski definition) is 2. The van der Waals surface area contributed by atoms with Crippen LogP contribution in [0.2, 0.25) is 0 Å². The molecule has 2 aliphatic rings. The standard InChI is InChI=1S/C17H23FN2O/c1-16(8-10-19-11-9-16)12-20-15(21)17(6-7-17)13-2-4-14(18)5-3-13/h2-5,19H,6-12H2,1H3,(H,20,21). The smallest absolute Gasteiger partial charge is 0.230 e. The fourth-order valence-electron chi connectivity index (χ4n) is 3.21. The summed E-state index contributed by atoms with van der Waals surface area (Å²) in [6, 6.07) is 6.37. The molecule has 1 amide bonds. The van der Waals surface area contributed by atoms with Gasteiger partial charge >= 0.3 is 0 Å².